The third kappa shape index (κ3) is 2.69. The second-order valence-corrected chi connectivity index (χ2v) is 6.20. The van der Waals surface area contributed by atoms with Crippen LogP contribution < -0.4 is 10.2 Å². The number of rotatable bonds is 4. The van der Waals surface area contributed by atoms with Crippen molar-refractivity contribution >= 4 is 45.0 Å². The number of aromatic carboxylic acids is 1. The zero-order valence-electron chi connectivity index (χ0n) is 14.3. The molecular formula is C19H17N5O2. The molecule has 3 aromatic heterocycles. The first-order valence-corrected chi connectivity index (χ1v) is 8.07. The number of benzene rings is 1. The van der Waals surface area contributed by atoms with Gasteiger partial charge in [-0.1, -0.05) is 0 Å². The molecule has 0 fully saturated rings. The van der Waals surface area contributed by atoms with E-state index in [4.69, 9.17) is 0 Å². The molecular weight excluding hydrogens is 330 g/mol. The van der Waals surface area contributed by atoms with Gasteiger partial charge in [0.15, 0.2) is 0 Å². The first kappa shape index (κ1) is 15.9. The Bertz CT molecular complexity index is 1120. The summed E-state index contributed by atoms with van der Waals surface area (Å²) in [6.45, 7) is 0. The number of fused-ring (bicyclic) bond motifs is 3. The van der Waals surface area contributed by atoms with Crippen LogP contribution in [0.2, 0.25) is 0 Å². The first-order valence-electron chi connectivity index (χ1n) is 8.07. The number of nitrogens with one attached hydrogen (secondary N) is 2. The highest BCUT2D eigenvalue weighted by Gasteiger charge is 2.14. The first-order chi connectivity index (χ1) is 12.5. The molecule has 1 aromatic carbocycles. The van der Waals surface area contributed by atoms with Crippen molar-refractivity contribution in [1.82, 2.24) is 15.0 Å². The molecule has 0 aliphatic carbocycles. The standard InChI is InChI=1S/C19H17N5O2/c1-24(2)12-5-3-11(4-6-12)21-18-15-10-20-8-7-13(15)14-9-16(19(25)26)22-17(14)23-18/h3-10H,1-2H3,(H,25,26)(H2,21,22,23). The van der Waals surface area contributed by atoms with Gasteiger partial charge >= 0.3 is 5.97 Å². The molecule has 0 bridgehead atoms. The Morgan fingerprint density at radius 3 is 2.58 bits per heavy atom. The zero-order chi connectivity index (χ0) is 18.3. The van der Waals surface area contributed by atoms with Gasteiger partial charge in [0.25, 0.3) is 0 Å². The number of aromatic amines is 1. The average Bonchev–Trinajstić information content (AvgIpc) is 3.07. The summed E-state index contributed by atoms with van der Waals surface area (Å²) in [5.74, 6) is -0.393. The highest BCUT2D eigenvalue weighted by Crippen LogP contribution is 2.31. The van der Waals surface area contributed by atoms with Gasteiger partial charge in [-0.2, -0.15) is 0 Å². The van der Waals surface area contributed by atoms with Crippen LogP contribution in [0.1, 0.15) is 10.5 Å². The number of aromatic nitrogens is 3. The molecule has 0 aliphatic rings. The number of nitrogens with zero attached hydrogens (tertiary/aromatic N) is 3. The van der Waals surface area contributed by atoms with Gasteiger partial charge in [0.1, 0.15) is 17.2 Å². The molecule has 4 rings (SSSR count). The summed E-state index contributed by atoms with van der Waals surface area (Å²) in [6, 6.07) is 11.4. The molecule has 0 amide bonds. The van der Waals surface area contributed by atoms with Crippen LogP contribution >= 0.6 is 0 Å². The normalized spacial score (nSPS) is 11.0. The Morgan fingerprint density at radius 1 is 1.12 bits per heavy atom. The molecule has 0 atom stereocenters. The van der Waals surface area contributed by atoms with Crippen molar-refractivity contribution in [3.8, 4) is 0 Å². The summed E-state index contributed by atoms with van der Waals surface area (Å²) in [6.07, 6.45) is 3.41. The maximum atomic E-state index is 11.3. The average molecular weight is 347 g/mol. The van der Waals surface area contributed by atoms with Crippen molar-refractivity contribution in [2.75, 3.05) is 24.3 Å². The van der Waals surface area contributed by atoms with Crippen LogP contribution in [0.15, 0.2) is 48.8 Å². The lowest BCUT2D eigenvalue weighted by Crippen LogP contribution is -2.08. The highest BCUT2D eigenvalue weighted by molar-refractivity contribution is 6.11. The van der Waals surface area contributed by atoms with E-state index in [0.717, 1.165) is 27.5 Å². The molecule has 0 saturated heterocycles. The summed E-state index contributed by atoms with van der Waals surface area (Å²) in [7, 11) is 3.98. The van der Waals surface area contributed by atoms with Gasteiger partial charge in [0.05, 0.1) is 0 Å². The number of hydrogen-bond donors (Lipinski definition) is 3. The molecule has 0 saturated carbocycles. The van der Waals surface area contributed by atoms with Crippen molar-refractivity contribution in [2.24, 2.45) is 0 Å². The van der Waals surface area contributed by atoms with Gasteiger partial charge in [-0.3, -0.25) is 4.98 Å². The fourth-order valence-corrected chi connectivity index (χ4v) is 2.92. The van der Waals surface area contributed by atoms with E-state index in [-0.39, 0.29) is 5.69 Å². The number of carboxylic acids is 1. The second kappa shape index (κ2) is 6.03. The molecule has 26 heavy (non-hydrogen) atoms. The van der Waals surface area contributed by atoms with Crippen molar-refractivity contribution in [1.29, 1.82) is 0 Å². The summed E-state index contributed by atoms with van der Waals surface area (Å²) >= 11 is 0. The van der Waals surface area contributed by atoms with E-state index in [0.29, 0.717) is 11.5 Å². The number of H-pyrrole nitrogens is 1. The van der Waals surface area contributed by atoms with E-state index < -0.39 is 5.97 Å². The zero-order valence-corrected chi connectivity index (χ0v) is 14.3. The second-order valence-electron chi connectivity index (χ2n) is 6.20. The van der Waals surface area contributed by atoms with Crippen molar-refractivity contribution in [2.45, 2.75) is 0 Å². The van der Waals surface area contributed by atoms with Crippen molar-refractivity contribution in [3.05, 3.63) is 54.5 Å². The summed E-state index contributed by atoms with van der Waals surface area (Å²) in [4.78, 5) is 24.9. The Labute approximate surface area is 149 Å². The maximum Gasteiger partial charge on any atom is 0.352 e. The van der Waals surface area contributed by atoms with Crippen LogP contribution in [0.5, 0.6) is 0 Å². The fraction of sp³-hybridized carbons (Fsp3) is 0.105. The quantitative estimate of drug-likeness (QED) is 0.522. The van der Waals surface area contributed by atoms with E-state index in [1.54, 1.807) is 18.5 Å². The third-order valence-corrected chi connectivity index (χ3v) is 4.26. The van der Waals surface area contributed by atoms with E-state index in [1.807, 2.05) is 49.3 Å². The van der Waals surface area contributed by atoms with E-state index in [2.05, 4.69) is 20.3 Å². The maximum absolute atomic E-state index is 11.3. The minimum Gasteiger partial charge on any atom is -0.477 e. The number of carboxylic acid groups (broad SMARTS) is 1. The van der Waals surface area contributed by atoms with Crippen LogP contribution in [-0.4, -0.2) is 40.1 Å². The van der Waals surface area contributed by atoms with Gasteiger partial charge in [-0.05, 0) is 41.8 Å². The van der Waals surface area contributed by atoms with E-state index in [1.165, 1.54) is 0 Å². The number of hydrogen-bond acceptors (Lipinski definition) is 5. The lowest BCUT2D eigenvalue weighted by molar-refractivity contribution is 0.0691. The van der Waals surface area contributed by atoms with Gasteiger partial charge in [-0.15, -0.1) is 0 Å². The van der Waals surface area contributed by atoms with Gasteiger partial charge < -0.3 is 20.3 Å². The molecule has 7 nitrogen and oxygen atoms in total. The molecule has 3 heterocycles. The molecule has 0 spiro atoms. The minimum absolute atomic E-state index is 0.109. The third-order valence-electron chi connectivity index (χ3n) is 4.26. The number of anilines is 3. The molecule has 3 N–H and O–H groups in total. The Kier molecular flexibility index (Phi) is 3.69. The van der Waals surface area contributed by atoms with Gasteiger partial charge in [0, 0.05) is 48.6 Å². The lowest BCUT2D eigenvalue weighted by atomic mass is 10.1. The van der Waals surface area contributed by atoms with Crippen LogP contribution in [0.4, 0.5) is 17.2 Å². The van der Waals surface area contributed by atoms with E-state index >= 15 is 0 Å². The highest BCUT2D eigenvalue weighted by atomic mass is 16.4. The molecule has 7 heteroatoms. The molecule has 0 radical (unpaired) electrons. The van der Waals surface area contributed by atoms with Crippen molar-refractivity contribution in [3.63, 3.8) is 0 Å². The van der Waals surface area contributed by atoms with Crippen LogP contribution in [0, 0.1) is 0 Å². The smallest absolute Gasteiger partial charge is 0.352 e. The Hall–Kier alpha value is -3.61. The number of carbonyl (C=O) groups is 1. The minimum atomic E-state index is -1.01. The predicted octanol–water partition coefficient (Wildman–Crippen LogP) is 3.62. The molecule has 4 aromatic rings. The van der Waals surface area contributed by atoms with Crippen LogP contribution in [0.25, 0.3) is 21.8 Å². The topological polar surface area (TPSA) is 94.1 Å². The SMILES string of the molecule is CN(C)c1ccc(Nc2nc3[nH]c(C(=O)O)cc3c3ccncc23)cc1. The largest absolute Gasteiger partial charge is 0.477 e. The fourth-order valence-electron chi connectivity index (χ4n) is 2.92. The molecule has 130 valence electrons. The van der Waals surface area contributed by atoms with Gasteiger partial charge in [-0.25, -0.2) is 9.78 Å². The predicted molar refractivity (Wildman–Crippen MR) is 102 cm³/mol. The Morgan fingerprint density at radius 2 is 1.88 bits per heavy atom. The van der Waals surface area contributed by atoms with Crippen molar-refractivity contribution < 1.29 is 9.90 Å². The van der Waals surface area contributed by atoms with E-state index in [9.17, 15) is 9.90 Å². The molecule has 0 unspecified atom stereocenters. The summed E-state index contributed by atoms with van der Waals surface area (Å²) < 4.78 is 0. The summed E-state index contributed by atoms with van der Waals surface area (Å²) in [5.41, 5.74) is 2.62. The summed E-state index contributed by atoms with van der Waals surface area (Å²) in [5, 5.41) is 15.0. The molecule has 0 aliphatic heterocycles. The number of pyridine rings is 2. The van der Waals surface area contributed by atoms with Crippen LogP contribution in [0.3, 0.4) is 0 Å². The lowest BCUT2D eigenvalue weighted by Gasteiger charge is -2.14. The Balaban J connectivity index is 1.84. The van der Waals surface area contributed by atoms with Gasteiger partial charge in [0.2, 0.25) is 0 Å². The van der Waals surface area contributed by atoms with Crippen LogP contribution in [-0.2, 0) is 0 Å². The monoisotopic (exact) mass is 347 g/mol.